The Morgan fingerprint density at radius 1 is 1.77 bits per heavy atom. The van der Waals surface area contributed by atoms with Gasteiger partial charge in [0.15, 0.2) is 0 Å². The molecule has 13 heavy (non-hydrogen) atoms. The van der Waals surface area contributed by atoms with Crippen LogP contribution in [0.5, 0.6) is 0 Å². The van der Waals surface area contributed by atoms with Crippen molar-refractivity contribution in [1.29, 1.82) is 0 Å². The maximum Gasteiger partial charge on any atom is 0.352 e. The molecule has 1 unspecified atom stereocenters. The van der Waals surface area contributed by atoms with E-state index < -0.39 is 12.0 Å². The fourth-order valence-corrected chi connectivity index (χ4v) is 1.17. The Kier molecular flexibility index (Phi) is 2.69. The quantitative estimate of drug-likeness (QED) is 0.531. The average molecular weight is 184 g/mol. The van der Waals surface area contributed by atoms with Crippen molar-refractivity contribution in [3.05, 3.63) is 23.0 Å². The lowest BCUT2D eigenvalue weighted by Gasteiger charge is -2.06. The number of aromatic carboxylic acids is 1. The van der Waals surface area contributed by atoms with Crippen molar-refractivity contribution in [1.82, 2.24) is 4.98 Å². The largest absolute Gasteiger partial charge is 0.477 e. The predicted molar refractivity (Wildman–Crippen MR) is 46.5 cm³/mol. The third-order valence-electron chi connectivity index (χ3n) is 1.85. The second-order valence-corrected chi connectivity index (χ2v) is 2.87. The molecule has 0 amide bonds. The molecular formula is C8H12N2O3. The highest BCUT2D eigenvalue weighted by molar-refractivity contribution is 5.86. The molecule has 0 fully saturated rings. The zero-order chi connectivity index (χ0) is 10.0. The Morgan fingerprint density at radius 3 is 2.77 bits per heavy atom. The first-order valence-electron chi connectivity index (χ1n) is 3.85. The van der Waals surface area contributed by atoms with Crippen LogP contribution in [0.3, 0.4) is 0 Å². The number of hydrogen-bond acceptors (Lipinski definition) is 3. The minimum atomic E-state index is -1.03. The van der Waals surface area contributed by atoms with E-state index in [1.54, 1.807) is 6.92 Å². The lowest BCUT2D eigenvalue weighted by atomic mass is 10.1. The minimum absolute atomic E-state index is 0.0939. The van der Waals surface area contributed by atoms with Crippen LogP contribution in [-0.2, 0) is 0 Å². The molecule has 0 spiro atoms. The number of H-pyrrole nitrogens is 1. The van der Waals surface area contributed by atoms with Gasteiger partial charge in [-0.15, -0.1) is 0 Å². The van der Waals surface area contributed by atoms with Crippen LogP contribution in [0.4, 0.5) is 0 Å². The summed E-state index contributed by atoms with van der Waals surface area (Å²) >= 11 is 0. The number of aryl methyl sites for hydroxylation is 1. The summed E-state index contributed by atoms with van der Waals surface area (Å²) in [6.45, 7) is 1.54. The lowest BCUT2D eigenvalue weighted by Crippen LogP contribution is -2.16. The zero-order valence-corrected chi connectivity index (χ0v) is 7.24. The molecule has 5 nitrogen and oxygen atoms in total. The van der Waals surface area contributed by atoms with E-state index in [2.05, 4.69) is 4.98 Å². The van der Waals surface area contributed by atoms with Gasteiger partial charge in [-0.2, -0.15) is 0 Å². The number of nitrogens with one attached hydrogen (secondary N) is 1. The number of aliphatic hydroxyl groups is 1. The van der Waals surface area contributed by atoms with E-state index >= 15 is 0 Å². The van der Waals surface area contributed by atoms with E-state index in [1.807, 2.05) is 0 Å². The fraction of sp³-hybridized carbons (Fsp3) is 0.375. The molecule has 1 aromatic heterocycles. The normalized spacial score (nSPS) is 12.8. The van der Waals surface area contributed by atoms with Crippen molar-refractivity contribution >= 4 is 5.97 Å². The summed E-state index contributed by atoms with van der Waals surface area (Å²) in [5.41, 5.74) is 6.95. The SMILES string of the molecule is Cc1cc(C(=O)O)[nH]c1C(N)CO. The summed E-state index contributed by atoms with van der Waals surface area (Å²) in [7, 11) is 0. The highest BCUT2D eigenvalue weighted by atomic mass is 16.4. The molecule has 0 saturated carbocycles. The first-order valence-corrected chi connectivity index (χ1v) is 3.85. The minimum Gasteiger partial charge on any atom is -0.477 e. The van der Waals surface area contributed by atoms with E-state index in [-0.39, 0.29) is 12.3 Å². The number of carbonyl (C=O) groups is 1. The maximum absolute atomic E-state index is 10.5. The Balaban J connectivity index is 3.02. The van der Waals surface area contributed by atoms with Gasteiger partial charge in [0.25, 0.3) is 0 Å². The van der Waals surface area contributed by atoms with Crippen LogP contribution in [0.2, 0.25) is 0 Å². The van der Waals surface area contributed by atoms with E-state index in [0.717, 1.165) is 5.56 Å². The Bertz CT molecular complexity index is 319. The van der Waals surface area contributed by atoms with Crippen molar-refractivity contribution in [2.75, 3.05) is 6.61 Å². The molecule has 0 radical (unpaired) electrons. The molecule has 72 valence electrons. The Hall–Kier alpha value is -1.33. The number of carboxylic acids is 1. The van der Waals surface area contributed by atoms with Gasteiger partial charge >= 0.3 is 5.97 Å². The number of hydrogen-bond donors (Lipinski definition) is 4. The van der Waals surface area contributed by atoms with Gasteiger partial charge in [0.2, 0.25) is 0 Å². The molecule has 1 heterocycles. The number of aromatic amines is 1. The molecule has 0 aliphatic heterocycles. The first-order chi connectivity index (χ1) is 6.06. The molecule has 0 aromatic carbocycles. The number of aliphatic hydroxyl groups excluding tert-OH is 1. The summed E-state index contributed by atoms with van der Waals surface area (Å²) in [6.07, 6.45) is 0. The third-order valence-corrected chi connectivity index (χ3v) is 1.85. The van der Waals surface area contributed by atoms with Gasteiger partial charge in [0, 0.05) is 5.69 Å². The van der Waals surface area contributed by atoms with Gasteiger partial charge in [-0.25, -0.2) is 4.79 Å². The van der Waals surface area contributed by atoms with Crippen molar-refractivity contribution in [2.24, 2.45) is 5.73 Å². The summed E-state index contributed by atoms with van der Waals surface area (Å²) in [4.78, 5) is 13.2. The van der Waals surface area contributed by atoms with Crippen LogP contribution in [0.25, 0.3) is 0 Å². The number of nitrogens with two attached hydrogens (primary N) is 1. The monoisotopic (exact) mass is 184 g/mol. The highest BCUT2D eigenvalue weighted by Crippen LogP contribution is 2.15. The van der Waals surface area contributed by atoms with E-state index in [9.17, 15) is 4.79 Å². The highest BCUT2D eigenvalue weighted by Gasteiger charge is 2.14. The lowest BCUT2D eigenvalue weighted by molar-refractivity contribution is 0.0691. The molecule has 0 bridgehead atoms. The number of rotatable bonds is 3. The van der Waals surface area contributed by atoms with Crippen molar-refractivity contribution < 1.29 is 15.0 Å². The summed E-state index contributed by atoms with van der Waals surface area (Å²) in [5, 5.41) is 17.4. The zero-order valence-electron chi connectivity index (χ0n) is 7.24. The second kappa shape index (κ2) is 3.59. The van der Waals surface area contributed by atoms with E-state index in [4.69, 9.17) is 15.9 Å². The second-order valence-electron chi connectivity index (χ2n) is 2.87. The van der Waals surface area contributed by atoms with Crippen LogP contribution in [0.1, 0.15) is 27.8 Å². The fourth-order valence-electron chi connectivity index (χ4n) is 1.17. The molecular weight excluding hydrogens is 172 g/mol. The van der Waals surface area contributed by atoms with Crippen LogP contribution in [-0.4, -0.2) is 27.8 Å². The average Bonchev–Trinajstić information content (AvgIpc) is 2.46. The van der Waals surface area contributed by atoms with Gasteiger partial charge < -0.3 is 20.9 Å². The van der Waals surface area contributed by atoms with Gasteiger partial charge in [0.1, 0.15) is 5.69 Å². The summed E-state index contributed by atoms with van der Waals surface area (Å²) in [6, 6.07) is 0.945. The Labute approximate surface area is 75.2 Å². The van der Waals surface area contributed by atoms with Crippen LogP contribution < -0.4 is 5.73 Å². The third kappa shape index (κ3) is 1.88. The van der Waals surface area contributed by atoms with Gasteiger partial charge in [-0.3, -0.25) is 0 Å². The van der Waals surface area contributed by atoms with Crippen LogP contribution >= 0.6 is 0 Å². The standard InChI is InChI=1S/C8H12N2O3/c1-4-2-6(8(12)13)10-7(4)5(9)3-11/h2,5,10-11H,3,9H2,1H3,(H,12,13). The maximum atomic E-state index is 10.5. The summed E-state index contributed by atoms with van der Waals surface area (Å²) in [5.74, 6) is -1.03. The van der Waals surface area contributed by atoms with Crippen molar-refractivity contribution in [3.63, 3.8) is 0 Å². The molecule has 0 aliphatic carbocycles. The number of aromatic nitrogens is 1. The molecule has 1 aromatic rings. The van der Waals surface area contributed by atoms with Crippen LogP contribution in [0.15, 0.2) is 6.07 Å². The van der Waals surface area contributed by atoms with Gasteiger partial charge in [-0.1, -0.05) is 0 Å². The predicted octanol–water partition coefficient (Wildman–Crippen LogP) is 0.0134. The van der Waals surface area contributed by atoms with Crippen molar-refractivity contribution in [2.45, 2.75) is 13.0 Å². The summed E-state index contributed by atoms with van der Waals surface area (Å²) < 4.78 is 0. The van der Waals surface area contributed by atoms with E-state index in [0.29, 0.717) is 5.69 Å². The molecule has 1 rings (SSSR count). The molecule has 0 saturated heterocycles. The molecule has 0 aliphatic rings. The topological polar surface area (TPSA) is 99.3 Å². The number of carboxylic acid groups (broad SMARTS) is 1. The van der Waals surface area contributed by atoms with Crippen molar-refractivity contribution in [3.8, 4) is 0 Å². The van der Waals surface area contributed by atoms with E-state index in [1.165, 1.54) is 6.07 Å². The van der Waals surface area contributed by atoms with Gasteiger partial charge in [0.05, 0.1) is 12.6 Å². The van der Waals surface area contributed by atoms with Crippen LogP contribution in [0, 0.1) is 6.92 Å². The molecule has 5 heteroatoms. The molecule has 5 N–H and O–H groups in total. The van der Waals surface area contributed by atoms with Gasteiger partial charge in [-0.05, 0) is 18.6 Å². The first kappa shape index (κ1) is 9.76. The molecule has 1 atom stereocenters. The smallest absolute Gasteiger partial charge is 0.352 e. The Morgan fingerprint density at radius 2 is 2.38 bits per heavy atom.